The molecule has 20 unspecified atom stereocenters. The molecule has 0 saturated heterocycles. The minimum absolute atomic E-state index is 0.0118. The summed E-state index contributed by atoms with van der Waals surface area (Å²) in [5, 5.41) is 97.7. The number of ketones is 8. The van der Waals surface area contributed by atoms with Gasteiger partial charge in [-0.05, 0) is 277 Å². The average Bonchev–Trinajstić information content (AvgIpc) is 1.52. The van der Waals surface area contributed by atoms with Crippen molar-refractivity contribution in [1.82, 2.24) is 34.9 Å². The van der Waals surface area contributed by atoms with Crippen LogP contribution in [-0.4, -0.2) is 192 Å². The van der Waals surface area contributed by atoms with Crippen LogP contribution >= 0.6 is 58.4 Å². The zero-order chi connectivity index (χ0) is 102. The maximum Gasteiger partial charge on any atom is 0.258 e. The van der Waals surface area contributed by atoms with Gasteiger partial charge >= 0.3 is 0 Å². The van der Waals surface area contributed by atoms with E-state index in [-0.39, 0.29) is 186 Å². The minimum Gasteiger partial charge on any atom is -0.430 e. The van der Waals surface area contributed by atoms with E-state index in [9.17, 15) is 79.2 Å². The summed E-state index contributed by atoms with van der Waals surface area (Å²) in [5.41, 5.74) is -1.20. The summed E-state index contributed by atoms with van der Waals surface area (Å²) in [6.45, 7) is 22.4. The highest BCUT2D eigenvalue weighted by molar-refractivity contribution is 8.01. The second-order valence-corrected chi connectivity index (χ2v) is 51.9. The highest BCUT2D eigenvalue weighted by Crippen LogP contribution is 2.74. The maximum absolute atomic E-state index is 13.8. The molecule has 8 aromatic rings. The van der Waals surface area contributed by atoms with Gasteiger partial charge in [0.2, 0.25) is 0 Å². The van der Waals surface area contributed by atoms with Gasteiger partial charge in [-0.2, -0.15) is 4.98 Å². The van der Waals surface area contributed by atoms with Gasteiger partial charge in [-0.15, -0.1) is 0 Å². The topological polar surface area (TPSA) is 402 Å². The zero-order valence-electron chi connectivity index (χ0n) is 83.9. The molecule has 6 aromatic heterocycles. The number of aromatic nitrogens is 7. The van der Waals surface area contributed by atoms with Gasteiger partial charge in [0.1, 0.15) is 37.8 Å². The molecule has 0 spiro atoms. The first-order chi connectivity index (χ1) is 68.9. The van der Waals surface area contributed by atoms with Gasteiger partial charge in [0.05, 0.1) is 75.2 Å². The summed E-state index contributed by atoms with van der Waals surface area (Å²) in [6.07, 6.45) is 35.2. The SMILES string of the molecule is C[C@@H]1CC2C3CCC4=CC(=O)C=CC4(C)C3[C@@H](O)CC2(C)[C@@]1(O)C(=O)CSc1ccc2ccccc2n1.C[C@@H]1CC2C3CCC4=CC(=O)C=CC4(C)C3[C@@H](O)CC2(C)[C@@]1(O)C(=O)CSc1cnc2ccccc2n1.C[C@@H]1CC2C3CCC4=CC(=O)C=CC4(C)C3[C@@H](O)CC2(C)[C@@]1(O)C(=O)CSc1nc2ncccc2o1.C[C@@H]1CC2C3CCC4=CC(=O)C=CC4C3[C@@H](O)CC2(C)[C@@]1(O)C(=O)CSc1nc2cccnc2s1. The van der Waals surface area contributed by atoms with E-state index in [1.54, 1.807) is 79.3 Å². The van der Waals surface area contributed by atoms with Crippen molar-refractivity contribution < 1.29 is 83.6 Å². The second kappa shape index (κ2) is 37.7. The van der Waals surface area contributed by atoms with Gasteiger partial charge in [0.15, 0.2) is 61.8 Å². The number of oxazole rings is 1. The number of aliphatic hydroxyl groups is 8. The normalized spacial score (nSPS) is 40.8. The van der Waals surface area contributed by atoms with Crippen molar-refractivity contribution in [1.29, 1.82) is 0 Å². The molecule has 0 radical (unpaired) electrons. The number of aliphatic hydroxyl groups excluding tert-OH is 4. The van der Waals surface area contributed by atoms with Gasteiger partial charge in [-0.3, -0.25) is 43.3 Å². The van der Waals surface area contributed by atoms with Crippen LogP contribution in [-0.2, 0) is 38.4 Å². The number of fused-ring (bicyclic) bond motifs is 24. The van der Waals surface area contributed by atoms with Gasteiger partial charge in [-0.1, -0.05) is 218 Å². The predicted octanol–water partition coefficient (Wildman–Crippen LogP) is 18.1. The Morgan fingerprint density at radius 1 is 0.414 bits per heavy atom. The number of hydrogen-bond donors (Lipinski definition) is 8. The maximum atomic E-state index is 13.8. The molecule has 762 valence electrons. The number of Topliss-reactive ketones (excluding diaryl/α,β-unsaturated/α-hetero) is 4. The summed E-state index contributed by atoms with van der Waals surface area (Å²) in [4.78, 5) is 135. The number of nitrogens with zero attached hydrogens (tertiary/aromatic N) is 7. The van der Waals surface area contributed by atoms with Crippen molar-refractivity contribution in [3.8, 4) is 0 Å². The lowest BCUT2D eigenvalue weighted by Crippen LogP contribution is -2.62. The Kier molecular flexibility index (Phi) is 26.5. The van der Waals surface area contributed by atoms with Crippen LogP contribution in [0.4, 0.5) is 0 Å². The Labute approximate surface area is 866 Å². The van der Waals surface area contributed by atoms with E-state index in [4.69, 9.17) is 4.42 Å². The van der Waals surface area contributed by atoms with E-state index in [1.165, 1.54) is 58.4 Å². The first-order valence-electron chi connectivity index (χ1n) is 52.0. The largest absolute Gasteiger partial charge is 0.430 e. The number of para-hydroxylation sites is 3. The first-order valence-corrected chi connectivity index (χ1v) is 56.7. The van der Waals surface area contributed by atoms with Crippen LogP contribution in [0.15, 0.2) is 223 Å². The van der Waals surface area contributed by atoms with E-state index in [2.05, 4.69) is 55.7 Å². The fourth-order valence-corrected chi connectivity index (χ4v) is 37.6. The quantitative estimate of drug-likeness (QED) is 0.0417. The van der Waals surface area contributed by atoms with Crippen LogP contribution in [0, 0.1) is 139 Å². The van der Waals surface area contributed by atoms with E-state index in [1.807, 2.05) is 152 Å². The van der Waals surface area contributed by atoms with Gasteiger partial charge in [0.25, 0.3) is 5.22 Å². The smallest absolute Gasteiger partial charge is 0.258 e. The molecule has 6 heterocycles. The molecule has 2 aromatic carbocycles. The van der Waals surface area contributed by atoms with E-state index in [0.29, 0.717) is 47.2 Å². The first kappa shape index (κ1) is 102. The molecule has 0 aliphatic heterocycles. The molecule has 32 atom stereocenters. The third-order valence-corrected chi connectivity index (χ3v) is 44.9. The van der Waals surface area contributed by atoms with Crippen LogP contribution in [0.3, 0.4) is 0 Å². The third-order valence-electron chi connectivity index (χ3n) is 40.1. The summed E-state index contributed by atoms with van der Waals surface area (Å²) in [5.74, 6) is 0.237. The minimum atomic E-state index is -1.55. The Hall–Kier alpha value is -8.79. The molecule has 8 N–H and O–H groups in total. The molecule has 12 saturated carbocycles. The summed E-state index contributed by atoms with van der Waals surface area (Å²) >= 11 is 6.69. The average molecular weight is 2060 g/mol. The molecule has 145 heavy (non-hydrogen) atoms. The number of thioether (sulfide) groups is 4. The fraction of sp³-hybridized carbons (Fsp3) is 0.543. The van der Waals surface area contributed by atoms with Gasteiger partial charge < -0.3 is 45.3 Å². The van der Waals surface area contributed by atoms with Gasteiger partial charge in [0, 0.05) is 79.4 Å². The number of benzene rings is 2. The molecule has 12 fully saturated rings. The summed E-state index contributed by atoms with van der Waals surface area (Å²) < 4.78 is 6.48. The number of hydrogen-bond acceptors (Lipinski definition) is 29. The number of rotatable bonds is 16. The summed E-state index contributed by atoms with van der Waals surface area (Å²) in [6, 6.07) is 26.8. The Morgan fingerprint density at radius 3 is 1.32 bits per heavy atom. The molecule has 24 nitrogen and oxygen atoms in total. The van der Waals surface area contributed by atoms with E-state index in [0.717, 1.165) is 141 Å². The lowest BCUT2D eigenvalue weighted by Gasteiger charge is -2.59. The lowest BCUT2D eigenvalue weighted by atomic mass is 9.46. The van der Waals surface area contributed by atoms with Crippen molar-refractivity contribution in [3.63, 3.8) is 0 Å². The number of thiazole rings is 1. The highest BCUT2D eigenvalue weighted by atomic mass is 32.2. The molecular weight excluding hydrogens is 1920 g/mol. The van der Waals surface area contributed by atoms with E-state index < -0.39 is 68.5 Å². The third kappa shape index (κ3) is 16.3. The molecule has 0 bridgehead atoms. The molecule has 29 heteroatoms. The fourth-order valence-electron chi connectivity index (χ4n) is 33.3. The summed E-state index contributed by atoms with van der Waals surface area (Å²) in [7, 11) is 0. The zero-order valence-corrected chi connectivity index (χ0v) is 88.0. The van der Waals surface area contributed by atoms with Gasteiger partial charge in [-0.25, -0.2) is 24.9 Å². The van der Waals surface area contributed by atoms with Crippen LogP contribution in [0.5, 0.6) is 0 Å². The van der Waals surface area contributed by atoms with Crippen LogP contribution in [0.25, 0.3) is 43.5 Å². The Morgan fingerprint density at radius 2 is 0.828 bits per heavy atom. The van der Waals surface area contributed by atoms with E-state index >= 15 is 0 Å². The Balaban J connectivity index is 0.000000114. The van der Waals surface area contributed by atoms with Crippen LogP contribution in [0.1, 0.15) is 179 Å². The van der Waals surface area contributed by atoms with Crippen molar-refractivity contribution in [3.05, 3.63) is 199 Å². The Bertz CT molecular complexity index is 6640. The lowest BCUT2D eigenvalue weighted by molar-refractivity contribution is -0.180. The van der Waals surface area contributed by atoms with Crippen molar-refractivity contribution in [2.45, 2.75) is 245 Å². The molecule has 24 rings (SSSR count). The molecule has 0 amide bonds. The number of carbonyl (C=O) groups is 8. The molecular formula is C116H131N7O17S5. The number of pyridine rings is 3. The predicted molar refractivity (Wildman–Crippen MR) is 559 cm³/mol. The highest BCUT2D eigenvalue weighted by Gasteiger charge is 2.76. The number of carbonyl (C=O) groups excluding carboxylic acids is 8. The standard InChI is InChI=1S/C31H35NO4S.C30H34N2O4S.C28H32N2O5S.C27H30N2O4S2/c1-18-14-23-22-10-9-20-15-21(33)12-13-29(20,2)28(22)25(34)16-30(23,3)31(18,36)26(35)17-37-27-11-8-19-6-4-5-7-24(19)32-27;1-17-12-21-20-9-8-18-13-19(33)10-11-28(18,2)27(20)24(34)14-29(21,3)30(17,36)25(35)16-37-26-15-31-22-6-4-5-7-23(22)32-26;1-15-11-19-18-7-6-16-12-17(31)8-9-26(16,2)23(18)20(32)13-27(19,3)28(15,34)22(33)14-36-25-30-24-21(35-25)5-4-10-29-24;1-14-10-19-18-7-5-15-11-16(30)6-8-17(15)23(18)21(31)12-26(19,2)27(14,33)22(32)13-34-25-29-20-4-3-9-28-24(20)35-25/h4-8,11-13,15,18,22-23,25,28,34,36H,9-10,14,16-17H2,1-3H3;4-7,10-11,13,15,17,20-21,24,27,34,36H,8-9,12,14,16H2,1-3H3;4-5,8-10,12,15,18-20,23,32,34H,6-7,11,13-14H2,1-3H3;3-4,6,8-9,11,14,17-19,21,23,31,33H,5,7,10,12-13H2,1-2H3/t18-,22?,23?,25+,28?,29?,30?,31+;17-,20?,21?,24+,27?,28?,29?,30+;15-,18?,19?,20+,23?,26?,27?,28+;14-,17?,18?,19?,21+,23?,26?,27+/m1111/s1. The molecule has 16 aliphatic rings. The van der Waals surface area contributed by atoms with Crippen molar-refractivity contribution >= 4 is 148 Å². The monoisotopic (exact) mass is 2050 g/mol. The van der Waals surface area contributed by atoms with Crippen LogP contribution in [0.2, 0.25) is 0 Å². The van der Waals surface area contributed by atoms with Crippen LogP contribution < -0.4 is 0 Å². The molecule has 16 aliphatic carbocycles. The second-order valence-electron chi connectivity index (χ2n) is 46.8. The van der Waals surface area contributed by atoms with Crippen molar-refractivity contribution in [2.24, 2.45) is 139 Å². The number of allylic oxidation sites excluding steroid dienone is 16. The van der Waals surface area contributed by atoms with Crippen molar-refractivity contribution in [2.75, 3.05) is 23.0 Å².